The van der Waals surface area contributed by atoms with Crippen LogP contribution in [0, 0.1) is 17.8 Å². The molecule has 0 rings (SSSR count). The maximum absolute atomic E-state index is 11.6. The molecule has 0 saturated carbocycles. The van der Waals surface area contributed by atoms with E-state index in [-0.39, 0.29) is 17.4 Å². The fraction of sp³-hybridized carbons (Fsp3) is 0.727. The molecule has 0 aliphatic carbocycles. The van der Waals surface area contributed by atoms with E-state index < -0.39 is 0 Å². The molecule has 0 spiro atoms. The van der Waals surface area contributed by atoms with Crippen LogP contribution in [0.15, 0.2) is 0 Å². The molecule has 1 N–H and O–H groups in total. The molecule has 2 nitrogen and oxygen atoms in total. The molecule has 0 heterocycles. The van der Waals surface area contributed by atoms with Crippen LogP contribution in [0.2, 0.25) is 0 Å². The van der Waals surface area contributed by atoms with Gasteiger partial charge in [-0.3, -0.25) is 4.79 Å². The average Bonchev–Trinajstić information content (AvgIpc) is 2.13. The molecule has 0 radical (unpaired) electrons. The summed E-state index contributed by atoms with van der Waals surface area (Å²) in [5.74, 6) is 2.59. The lowest BCUT2D eigenvalue weighted by atomic mass is 9.89. The molecule has 0 saturated heterocycles. The molecule has 1 unspecified atom stereocenters. The van der Waals surface area contributed by atoms with E-state index in [1.54, 1.807) is 0 Å². The van der Waals surface area contributed by atoms with Gasteiger partial charge in [0.05, 0.1) is 6.04 Å². The number of hydrogen-bond donors (Lipinski definition) is 1. The summed E-state index contributed by atoms with van der Waals surface area (Å²) in [5.41, 5.74) is -0.315. The van der Waals surface area contributed by atoms with Crippen LogP contribution in [0.5, 0.6) is 0 Å². The topological polar surface area (TPSA) is 29.1 Å². The van der Waals surface area contributed by atoms with Crippen LogP contribution in [0.25, 0.3) is 0 Å². The zero-order valence-corrected chi connectivity index (χ0v) is 8.98. The third-order valence-corrected chi connectivity index (χ3v) is 2.41. The Morgan fingerprint density at radius 3 is 2.38 bits per heavy atom. The second-order valence-corrected chi connectivity index (χ2v) is 3.84. The SMILES string of the molecule is C#CC(CC)NC(=O)C(C)(C)CC. The molecule has 0 aromatic rings. The van der Waals surface area contributed by atoms with Gasteiger partial charge in [-0.25, -0.2) is 0 Å². The Labute approximate surface area is 81.1 Å². The van der Waals surface area contributed by atoms with Crippen LogP contribution >= 0.6 is 0 Å². The van der Waals surface area contributed by atoms with Gasteiger partial charge in [-0.15, -0.1) is 6.42 Å². The van der Waals surface area contributed by atoms with Crippen molar-refractivity contribution in [1.82, 2.24) is 5.32 Å². The molecule has 0 aliphatic heterocycles. The van der Waals surface area contributed by atoms with Crippen molar-refractivity contribution >= 4 is 5.91 Å². The summed E-state index contributed by atoms with van der Waals surface area (Å²) in [5, 5.41) is 2.83. The van der Waals surface area contributed by atoms with Crippen molar-refractivity contribution in [3.05, 3.63) is 0 Å². The number of rotatable bonds is 4. The maximum Gasteiger partial charge on any atom is 0.226 e. The van der Waals surface area contributed by atoms with Crippen molar-refractivity contribution in [2.75, 3.05) is 0 Å². The number of amides is 1. The molecular weight excluding hydrogens is 162 g/mol. The van der Waals surface area contributed by atoms with Gasteiger partial charge in [-0.2, -0.15) is 0 Å². The molecule has 0 aliphatic rings. The van der Waals surface area contributed by atoms with Crippen LogP contribution < -0.4 is 5.32 Å². The number of nitrogens with one attached hydrogen (secondary N) is 1. The zero-order valence-electron chi connectivity index (χ0n) is 8.98. The Balaban J connectivity index is 4.23. The van der Waals surface area contributed by atoms with Gasteiger partial charge >= 0.3 is 0 Å². The minimum Gasteiger partial charge on any atom is -0.342 e. The number of carbonyl (C=O) groups is 1. The summed E-state index contributed by atoms with van der Waals surface area (Å²) in [6.45, 7) is 7.80. The molecule has 0 fully saturated rings. The monoisotopic (exact) mass is 181 g/mol. The first-order valence-corrected chi connectivity index (χ1v) is 4.75. The van der Waals surface area contributed by atoms with E-state index in [0.29, 0.717) is 0 Å². The average molecular weight is 181 g/mol. The molecule has 0 aromatic heterocycles. The summed E-state index contributed by atoms with van der Waals surface area (Å²) < 4.78 is 0. The van der Waals surface area contributed by atoms with Crippen LogP contribution in [0.3, 0.4) is 0 Å². The van der Waals surface area contributed by atoms with Crippen molar-refractivity contribution in [3.8, 4) is 12.3 Å². The summed E-state index contributed by atoms with van der Waals surface area (Å²) in [6, 6.07) is -0.127. The van der Waals surface area contributed by atoms with E-state index in [1.807, 2.05) is 27.7 Å². The molecule has 2 heteroatoms. The van der Waals surface area contributed by atoms with Crippen molar-refractivity contribution in [3.63, 3.8) is 0 Å². The third-order valence-electron chi connectivity index (χ3n) is 2.41. The lowest BCUT2D eigenvalue weighted by molar-refractivity contribution is -0.129. The van der Waals surface area contributed by atoms with Crippen LogP contribution in [0.1, 0.15) is 40.5 Å². The summed E-state index contributed by atoms with van der Waals surface area (Å²) in [7, 11) is 0. The van der Waals surface area contributed by atoms with Gasteiger partial charge in [0.25, 0.3) is 0 Å². The van der Waals surface area contributed by atoms with E-state index in [9.17, 15) is 4.79 Å². The Bertz CT molecular complexity index is 213. The van der Waals surface area contributed by atoms with Crippen LogP contribution in [-0.4, -0.2) is 11.9 Å². The standard InChI is InChI=1S/C11H19NO/c1-6-9(7-2)12-10(13)11(4,5)8-3/h1,9H,7-8H2,2-5H3,(H,12,13). The summed E-state index contributed by atoms with van der Waals surface area (Å²) in [4.78, 5) is 11.6. The predicted molar refractivity (Wildman–Crippen MR) is 55.1 cm³/mol. The fourth-order valence-corrected chi connectivity index (χ4v) is 0.776. The van der Waals surface area contributed by atoms with Crippen LogP contribution in [0.4, 0.5) is 0 Å². The highest BCUT2D eigenvalue weighted by molar-refractivity contribution is 5.82. The highest BCUT2D eigenvalue weighted by Gasteiger charge is 2.26. The normalized spacial score (nSPS) is 13.2. The Hall–Kier alpha value is -0.970. The van der Waals surface area contributed by atoms with Gasteiger partial charge in [0, 0.05) is 5.41 Å². The first-order chi connectivity index (χ1) is 5.97. The predicted octanol–water partition coefficient (Wildman–Crippen LogP) is 1.95. The lowest BCUT2D eigenvalue weighted by Crippen LogP contribution is -2.41. The van der Waals surface area contributed by atoms with Gasteiger partial charge in [0.2, 0.25) is 5.91 Å². The van der Waals surface area contributed by atoms with E-state index in [4.69, 9.17) is 6.42 Å². The molecule has 13 heavy (non-hydrogen) atoms. The quantitative estimate of drug-likeness (QED) is 0.660. The Kier molecular flexibility index (Phi) is 4.55. The van der Waals surface area contributed by atoms with Gasteiger partial charge in [-0.05, 0) is 12.8 Å². The number of hydrogen-bond acceptors (Lipinski definition) is 1. The van der Waals surface area contributed by atoms with Crippen LogP contribution in [-0.2, 0) is 4.79 Å². The second kappa shape index (κ2) is 4.91. The first-order valence-electron chi connectivity index (χ1n) is 4.75. The Morgan fingerprint density at radius 2 is 2.08 bits per heavy atom. The molecule has 74 valence electrons. The van der Waals surface area contributed by atoms with Crippen molar-refractivity contribution < 1.29 is 4.79 Å². The largest absolute Gasteiger partial charge is 0.342 e. The maximum atomic E-state index is 11.6. The zero-order chi connectivity index (χ0) is 10.5. The minimum absolute atomic E-state index is 0.0415. The van der Waals surface area contributed by atoms with Gasteiger partial charge in [0.15, 0.2) is 0 Å². The number of carbonyl (C=O) groups excluding carboxylic acids is 1. The lowest BCUT2D eigenvalue weighted by Gasteiger charge is -2.23. The van der Waals surface area contributed by atoms with Gasteiger partial charge in [-0.1, -0.05) is 33.6 Å². The van der Waals surface area contributed by atoms with E-state index >= 15 is 0 Å². The highest BCUT2D eigenvalue weighted by atomic mass is 16.2. The van der Waals surface area contributed by atoms with Crippen molar-refractivity contribution in [1.29, 1.82) is 0 Å². The third kappa shape index (κ3) is 3.50. The Morgan fingerprint density at radius 1 is 1.54 bits per heavy atom. The van der Waals surface area contributed by atoms with Crippen molar-refractivity contribution in [2.45, 2.75) is 46.6 Å². The molecule has 0 bridgehead atoms. The fourth-order valence-electron chi connectivity index (χ4n) is 0.776. The molecule has 1 atom stereocenters. The van der Waals surface area contributed by atoms with Gasteiger partial charge in [0.1, 0.15) is 0 Å². The smallest absolute Gasteiger partial charge is 0.226 e. The number of terminal acetylenes is 1. The highest BCUT2D eigenvalue weighted by Crippen LogP contribution is 2.19. The van der Waals surface area contributed by atoms with Gasteiger partial charge < -0.3 is 5.32 Å². The molecule has 1 amide bonds. The first kappa shape index (κ1) is 12.0. The van der Waals surface area contributed by atoms with E-state index in [1.165, 1.54) is 0 Å². The minimum atomic E-state index is -0.315. The molecular formula is C11H19NO. The van der Waals surface area contributed by atoms with Crippen molar-refractivity contribution in [2.24, 2.45) is 5.41 Å². The molecule has 0 aromatic carbocycles. The van der Waals surface area contributed by atoms with E-state index in [0.717, 1.165) is 12.8 Å². The summed E-state index contributed by atoms with van der Waals surface area (Å²) >= 11 is 0. The van der Waals surface area contributed by atoms with E-state index in [2.05, 4.69) is 11.2 Å². The second-order valence-electron chi connectivity index (χ2n) is 3.84. The summed E-state index contributed by atoms with van der Waals surface area (Å²) in [6.07, 6.45) is 6.85.